The van der Waals surface area contributed by atoms with Crippen LogP contribution >= 0.6 is 0 Å². The molecule has 0 N–H and O–H groups in total. The van der Waals surface area contributed by atoms with Crippen LogP contribution in [0.15, 0.2) is 54.7 Å². The van der Waals surface area contributed by atoms with Crippen LogP contribution in [0.4, 0.5) is 8.78 Å². The summed E-state index contributed by atoms with van der Waals surface area (Å²) in [6.45, 7) is 0. The number of hydrogen-bond donors (Lipinski definition) is 0. The monoisotopic (exact) mass is 317 g/mol. The van der Waals surface area contributed by atoms with E-state index in [9.17, 15) is 14.0 Å². The van der Waals surface area contributed by atoms with Gasteiger partial charge in [0.2, 0.25) is 5.95 Å². The highest BCUT2D eigenvalue weighted by Crippen LogP contribution is 2.34. The molecule has 0 atom stereocenters. The molecule has 0 spiro atoms. The molecule has 0 radical (unpaired) electrons. The van der Waals surface area contributed by atoms with Gasteiger partial charge in [0.1, 0.15) is 11.9 Å². The molecule has 24 heavy (non-hydrogen) atoms. The fourth-order valence-electron chi connectivity index (χ4n) is 2.51. The molecule has 0 aliphatic rings. The molecule has 0 aliphatic carbocycles. The second-order valence-corrected chi connectivity index (χ2v) is 4.99. The molecule has 3 rings (SSSR count). The lowest BCUT2D eigenvalue weighted by Crippen LogP contribution is -1.95. The van der Waals surface area contributed by atoms with Crippen molar-refractivity contribution in [1.29, 1.82) is 10.5 Å². The molecule has 0 fully saturated rings. The van der Waals surface area contributed by atoms with Gasteiger partial charge in [-0.05, 0) is 30.3 Å². The molecular formula is C19H9F2N3. The summed E-state index contributed by atoms with van der Waals surface area (Å²) in [6.07, 6.45) is 1.31. The van der Waals surface area contributed by atoms with E-state index in [1.54, 1.807) is 24.3 Å². The van der Waals surface area contributed by atoms with Crippen LogP contribution in [-0.2, 0) is 0 Å². The van der Waals surface area contributed by atoms with Gasteiger partial charge < -0.3 is 0 Å². The summed E-state index contributed by atoms with van der Waals surface area (Å²) in [5, 5.41) is 18.5. The van der Waals surface area contributed by atoms with Crippen LogP contribution in [0.1, 0.15) is 11.1 Å². The maximum Gasteiger partial charge on any atom is 0.220 e. The quantitative estimate of drug-likeness (QED) is 0.657. The van der Waals surface area contributed by atoms with Gasteiger partial charge in [0.25, 0.3) is 0 Å². The molecule has 0 bridgehead atoms. The van der Waals surface area contributed by atoms with Gasteiger partial charge in [-0.1, -0.05) is 18.2 Å². The molecule has 3 aromatic rings. The van der Waals surface area contributed by atoms with Gasteiger partial charge in [0.15, 0.2) is 0 Å². The normalized spacial score (nSPS) is 10.0. The SMILES string of the molecule is N#Cc1ccc(F)c(-c2cccc(-c3cccnc3F)c2C#N)c1. The van der Waals surface area contributed by atoms with Crippen molar-refractivity contribution in [3.63, 3.8) is 0 Å². The Kier molecular flexibility index (Phi) is 4.01. The number of nitriles is 2. The molecule has 5 heteroatoms. The fourth-order valence-corrected chi connectivity index (χ4v) is 2.51. The summed E-state index contributed by atoms with van der Waals surface area (Å²) < 4.78 is 28.2. The highest BCUT2D eigenvalue weighted by molar-refractivity contribution is 5.82. The minimum Gasteiger partial charge on any atom is -0.228 e. The summed E-state index contributed by atoms with van der Waals surface area (Å²) in [5.74, 6) is -1.27. The van der Waals surface area contributed by atoms with Crippen molar-refractivity contribution in [3.05, 3.63) is 77.6 Å². The lowest BCUT2D eigenvalue weighted by Gasteiger charge is -2.11. The number of hydrogen-bond acceptors (Lipinski definition) is 3. The molecule has 3 nitrogen and oxygen atoms in total. The van der Waals surface area contributed by atoms with Crippen LogP contribution in [0.5, 0.6) is 0 Å². The summed E-state index contributed by atoms with van der Waals surface area (Å²) in [7, 11) is 0. The van der Waals surface area contributed by atoms with Crippen molar-refractivity contribution in [3.8, 4) is 34.4 Å². The molecule has 2 aromatic carbocycles. The lowest BCUT2D eigenvalue weighted by molar-refractivity contribution is 0.587. The number of benzene rings is 2. The molecule has 0 amide bonds. The zero-order valence-corrected chi connectivity index (χ0v) is 12.3. The topological polar surface area (TPSA) is 60.5 Å². The molecule has 0 saturated carbocycles. The fraction of sp³-hybridized carbons (Fsp3) is 0. The predicted octanol–water partition coefficient (Wildman–Crippen LogP) is 4.44. The maximum absolute atomic E-state index is 14.2. The second-order valence-electron chi connectivity index (χ2n) is 4.99. The zero-order chi connectivity index (χ0) is 17.1. The number of rotatable bonds is 2. The first-order valence-corrected chi connectivity index (χ1v) is 6.99. The van der Waals surface area contributed by atoms with E-state index in [1.807, 2.05) is 12.1 Å². The average Bonchev–Trinajstić information content (AvgIpc) is 2.62. The number of aromatic nitrogens is 1. The Morgan fingerprint density at radius 2 is 1.50 bits per heavy atom. The number of nitrogens with zero attached hydrogens (tertiary/aromatic N) is 3. The van der Waals surface area contributed by atoms with E-state index in [0.717, 1.165) is 0 Å². The van der Waals surface area contributed by atoms with Crippen LogP contribution in [0.3, 0.4) is 0 Å². The van der Waals surface area contributed by atoms with E-state index in [-0.39, 0.29) is 22.3 Å². The third kappa shape index (κ3) is 2.60. The summed E-state index contributed by atoms with van der Waals surface area (Å²) >= 11 is 0. The highest BCUT2D eigenvalue weighted by atomic mass is 19.1. The van der Waals surface area contributed by atoms with E-state index in [1.165, 1.54) is 30.5 Å². The van der Waals surface area contributed by atoms with Crippen LogP contribution in [0, 0.1) is 34.4 Å². The van der Waals surface area contributed by atoms with Crippen molar-refractivity contribution in [2.75, 3.05) is 0 Å². The van der Waals surface area contributed by atoms with Crippen molar-refractivity contribution < 1.29 is 8.78 Å². The second kappa shape index (κ2) is 6.28. The molecular weight excluding hydrogens is 308 g/mol. The van der Waals surface area contributed by atoms with E-state index >= 15 is 0 Å². The molecule has 114 valence electrons. The minimum atomic E-state index is -0.711. The third-order valence-electron chi connectivity index (χ3n) is 3.61. The van der Waals surface area contributed by atoms with Gasteiger partial charge >= 0.3 is 0 Å². The van der Waals surface area contributed by atoms with E-state index in [4.69, 9.17) is 5.26 Å². The average molecular weight is 317 g/mol. The van der Waals surface area contributed by atoms with Gasteiger partial charge in [0, 0.05) is 28.5 Å². The Morgan fingerprint density at radius 1 is 0.792 bits per heavy atom. The van der Waals surface area contributed by atoms with Crippen molar-refractivity contribution in [2.24, 2.45) is 0 Å². The molecule has 1 aromatic heterocycles. The van der Waals surface area contributed by atoms with Gasteiger partial charge in [-0.2, -0.15) is 14.9 Å². The first-order valence-electron chi connectivity index (χ1n) is 6.99. The van der Waals surface area contributed by atoms with E-state index < -0.39 is 11.8 Å². The van der Waals surface area contributed by atoms with Gasteiger partial charge in [-0.15, -0.1) is 0 Å². The smallest absolute Gasteiger partial charge is 0.220 e. The van der Waals surface area contributed by atoms with E-state index in [0.29, 0.717) is 11.1 Å². The Labute approximate surface area is 137 Å². The van der Waals surface area contributed by atoms with Crippen molar-refractivity contribution in [2.45, 2.75) is 0 Å². The first kappa shape index (κ1) is 15.3. The Morgan fingerprint density at radius 3 is 2.17 bits per heavy atom. The Hall–Kier alpha value is -3.57. The van der Waals surface area contributed by atoms with Gasteiger partial charge in [-0.3, -0.25) is 0 Å². The molecule has 0 aliphatic heterocycles. The predicted molar refractivity (Wildman–Crippen MR) is 84.5 cm³/mol. The third-order valence-corrected chi connectivity index (χ3v) is 3.61. The molecule has 0 unspecified atom stereocenters. The standard InChI is InChI=1S/C19H9F2N3/c20-18-7-6-12(10-22)9-16(18)14-4-1-3-13(17(14)11-23)15-5-2-8-24-19(15)21/h1-9H. The molecule has 0 saturated heterocycles. The van der Waals surface area contributed by atoms with Gasteiger partial charge in [-0.25, -0.2) is 9.37 Å². The Balaban J connectivity index is 2.30. The summed E-state index contributed by atoms with van der Waals surface area (Å²) in [6, 6.07) is 15.7. The summed E-state index contributed by atoms with van der Waals surface area (Å²) in [5.41, 5.74) is 1.30. The summed E-state index contributed by atoms with van der Waals surface area (Å²) in [4.78, 5) is 3.59. The van der Waals surface area contributed by atoms with Crippen LogP contribution in [0.2, 0.25) is 0 Å². The van der Waals surface area contributed by atoms with Crippen molar-refractivity contribution >= 4 is 0 Å². The lowest BCUT2D eigenvalue weighted by atomic mass is 9.92. The zero-order valence-electron chi connectivity index (χ0n) is 12.3. The van der Waals surface area contributed by atoms with Crippen molar-refractivity contribution in [1.82, 2.24) is 4.98 Å². The van der Waals surface area contributed by atoms with Crippen LogP contribution < -0.4 is 0 Å². The molecule has 1 heterocycles. The van der Waals surface area contributed by atoms with Gasteiger partial charge in [0.05, 0.1) is 17.2 Å². The van der Waals surface area contributed by atoms with E-state index in [2.05, 4.69) is 4.98 Å². The highest BCUT2D eigenvalue weighted by Gasteiger charge is 2.17. The number of pyridine rings is 1. The minimum absolute atomic E-state index is 0.122. The van der Waals surface area contributed by atoms with Crippen LogP contribution in [0.25, 0.3) is 22.3 Å². The Bertz CT molecular complexity index is 1010. The van der Waals surface area contributed by atoms with Crippen LogP contribution in [-0.4, -0.2) is 4.98 Å². The largest absolute Gasteiger partial charge is 0.228 e. The maximum atomic E-state index is 14.2. The first-order chi connectivity index (χ1) is 11.7. The number of halogens is 2.